The lowest BCUT2D eigenvalue weighted by Gasteiger charge is -2.33. The average molecular weight is 409 g/mol. The van der Waals surface area contributed by atoms with Crippen molar-refractivity contribution >= 4 is 27.5 Å². The summed E-state index contributed by atoms with van der Waals surface area (Å²) in [5.74, 6) is 0.657. The molecular weight excluding hydrogens is 384 g/mol. The number of hydrogen-bond acceptors (Lipinski definition) is 6. The minimum absolute atomic E-state index is 0.0670. The third-order valence-corrected chi connectivity index (χ3v) is 6.08. The third-order valence-electron chi connectivity index (χ3n) is 4.91. The van der Waals surface area contributed by atoms with Crippen LogP contribution in [0.1, 0.15) is 33.3 Å². The molecule has 3 aromatic heterocycles. The van der Waals surface area contributed by atoms with Crippen molar-refractivity contribution in [1.29, 1.82) is 0 Å². The van der Waals surface area contributed by atoms with Crippen LogP contribution < -0.4 is 10.5 Å². The fourth-order valence-corrected chi connectivity index (χ4v) is 4.83. The predicted octanol–water partition coefficient (Wildman–Crippen LogP) is 3.96. The molecule has 0 aliphatic rings. The van der Waals surface area contributed by atoms with Gasteiger partial charge in [0.15, 0.2) is 0 Å². The predicted molar refractivity (Wildman–Crippen MR) is 118 cm³/mol. The smallest absolute Gasteiger partial charge is 0.268 e. The summed E-state index contributed by atoms with van der Waals surface area (Å²) in [5.41, 5.74) is 1.61. The van der Waals surface area contributed by atoms with E-state index in [9.17, 15) is 4.79 Å². The second kappa shape index (κ2) is 7.44. The van der Waals surface area contributed by atoms with Gasteiger partial charge in [-0.25, -0.2) is 19.2 Å². The molecule has 0 aliphatic carbocycles. The average Bonchev–Trinajstić information content (AvgIpc) is 3.30. The van der Waals surface area contributed by atoms with Crippen molar-refractivity contribution in [1.82, 2.24) is 24.3 Å². The van der Waals surface area contributed by atoms with Gasteiger partial charge >= 0.3 is 0 Å². The van der Waals surface area contributed by atoms with Gasteiger partial charge in [-0.1, -0.05) is 29.5 Å². The molecule has 4 rings (SSSR count). The number of rotatable bonds is 5. The zero-order valence-corrected chi connectivity index (χ0v) is 18.0. The lowest BCUT2D eigenvalue weighted by atomic mass is 10.2. The Morgan fingerprint density at radius 2 is 1.76 bits per heavy atom. The lowest BCUT2D eigenvalue weighted by Crippen LogP contribution is -2.41. The zero-order valence-electron chi connectivity index (χ0n) is 17.2. The van der Waals surface area contributed by atoms with E-state index >= 15 is 0 Å². The molecule has 0 spiro atoms. The minimum atomic E-state index is -0.0670. The second-order valence-electron chi connectivity index (χ2n) is 7.54. The molecule has 0 unspecified atom stereocenters. The molecule has 0 aliphatic heterocycles. The number of aryl methyl sites for hydroxylation is 1. The van der Waals surface area contributed by atoms with Gasteiger partial charge in [0.25, 0.3) is 5.56 Å². The molecule has 7 nitrogen and oxygen atoms in total. The van der Waals surface area contributed by atoms with Gasteiger partial charge < -0.3 is 4.90 Å². The van der Waals surface area contributed by atoms with Crippen molar-refractivity contribution in [3.63, 3.8) is 0 Å². The third kappa shape index (κ3) is 3.23. The van der Waals surface area contributed by atoms with E-state index < -0.39 is 0 Å². The molecular formula is C21H24N6OS. The number of nitrogens with zero attached hydrogens (tertiary/aromatic N) is 6. The van der Waals surface area contributed by atoms with E-state index in [1.165, 1.54) is 17.7 Å². The first-order valence-electron chi connectivity index (χ1n) is 9.65. The van der Waals surface area contributed by atoms with Gasteiger partial charge in [-0.2, -0.15) is 5.10 Å². The lowest BCUT2D eigenvalue weighted by molar-refractivity contribution is 0.583. The highest BCUT2D eigenvalue weighted by Gasteiger charge is 2.25. The maximum atomic E-state index is 13.8. The van der Waals surface area contributed by atoms with Gasteiger partial charge in [0.2, 0.25) is 5.95 Å². The van der Waals surface area contributed by atoms with Gasteiger partial charge in [-0.15, -0.1) is 0 Å². The summed E-state index contributed by atoms with van der Waals surface area (Å²) in [6, 6.07) is 10.1. The van der Waals surface area contributed by atoms with Gasteiger partial charge in [0.05, 0.1) is 11.1 Å². The molecule has 0 amide bonds. The van der Waals surface area contributed by atoms with Crippen molar-refractivity contribution in [2.24, 2.45) is 0 Å². The van der Waals surface area contributed by atoms with Crippen molar-refractivity contribution in [2.45, 2.75) is 46.7 Å². The van der Waals surface area contributed by atoms with E-state index in [-0.39, 0.29) is 17.6 Å². The molecule has 3 heterocycles. The molecule has 0 saturated carbocycles. The molecule has 150 valence electrons. The van der Waals surface area contributed by atoms with Gasteiger partial charge in [-0.3, -0.25) is 4.79 Å². The molecule has 0 radical (unpaired) electrons. The Bertz CT molecular complexity index is 1180. The Morgan fingerprint density at radius 3 is 2.34 bits per heavy atom. The van der Waals surface area contributed by atoms with Crippen LogP contribution in [-0.2, 0) is 0 Å². The minimum Gasteiger partial charge on any atom is -0.337 e. The first-order chi connectivity index (χ1) is 13.9. The summed E-state index contributed by atoms with van der Waals surface area (Å²) in [7, 11) is 0. The zero-order chi connectivity index (χ0) is 20.7. The number of fused-ring (bicyclic) bond motifs is 1. The Morgan fingerprint density at radius 1 is 1.07 bits per heavy atom. The number of hydrogen-bond donors (Lipinski definition) is 0. The second-order valence-corrected chi connectivity index (χ2v) is 8.51. The molecule has 0 bridgehead atoms. The van der Waals surface area contributed by atoms with Crippen LogP contribution in [-0.4, -0.2) is 36.4 Å². The van der Waals surface area contributed by atoms with Crippen LogP contribution in [0, 0.1) is 6.92 Å². The summed E-state index contributed by atoms with van der Waals surface area (Å²) in [6.45, 7) is 10.4. The molecule has 8 heteroatoms. The van der Waals surface area contributed by atoms with Crippen LogP contribution >= 0.6 is 11.3 Å². The topological polar surface area (TPSA) is 68.8 Å². The molecule has 0 atom stereocenters. The summed E-state index contributed by atoms with van der Waals surface area (Å²) in [4.78, 5) is 25.7. The maximum absolute atomic E-state index is 13.8. The quantitative estimate of drug-likeness (QED) is 0.500. The number of thiophene rings is 1. The monoisotopic (exact) mass is 408 g/mol. The van der Waals surface area contributed by atoms with Crippen molar-refractivity contribution in [3.8, 4) is 10.7 Å². The Labute approximate surface area is 173 Å². The van der Waals surface area contributed by atoms with Crippen LogP contribution in [0.15, 0.2) is 47.8 Å². The molecule has 0 saturated heterocycles. The van der Waals surface area contributed by atoms with Gasteiger partial charge in [0.1, 0.15) is 22.5 Å². The maximum Gasteiger partial charge on any atom is 0.268 e. The van der Waals surface area contributed by atoms with E-state index in [2.05, 4.69) is 42.7 Å². The fraction of sp³-hybridized carbons (Fsp3) is 0.333. The first kappa shape index (κ1) is 19.3. The fourth-order valence-electron chi connectivity index (χ4n) is 3.73. The highest BCUT2D eigenvalue weighted by molar-refractivity contribution is 7.21. The van der Waals surface area contributed by atoms with Crippen LogP contribution in [0.2, 0.25) is 0 Å². The van der Waals surface area contributed by atoms with E-state index in [0.29, 0.717) is 16.2 Å². The highest BCUT2D eigenvalue weighted by Crippen LogP contribution is 2.32. The standard InChI is InChI=1S/C21H24N6OS/c1-13(2)26(14(3)4)21-24-18-17(15(5)20(29-18)25-12-22-11-23-25)19(28)27(21)16-9-7-6-8-10-16/h6-14H,1-5H3. The summed E-state index contributed by atoms with van der Waals surface area (Å²) < 4.78 is 3.42. The van der Waals surface area contributed by atoms with Crippen LogP contribution in [0.3, 0.4) is 0 Å². The summed E-state index contributed by atoms with van der Waals surface area (Å²) in [5, 5.41) is 5.72. The van der Waals surface area contributed by atoms with Gasteiger partial charge in [-0.05, 0) is 46.8 Å². The highest BCUT2D eigenvalue weighted by atomic mass is 32.1. The molecule has 1 aromatic carbocycles. The first-order valence-corrected chi connectivity index (χ1v) is 10.5. The molecule has 0 fully saturated rings. The van der Waals surface area contributed by atoms with Crippen LogP contribution in [0.25, 0.3) is 20.9 Å². The number of para-hydroxylation sites is 1. The van der Waals surface area contributed by atoms with E-state index in [0.717, 1.165) is 16.3 Å². The van der Waals surface area contributed by atoms with E-state index in [4.69, 9.17) is 4.98 Å². The normalized spacial score (nSPS) is 11.7. The summed E-state index contributed by atoms with van der Waals surface area (Å²) in [6.07, 6.45) is 3.13. The number of anilines is 1. The van der Waals surface area contributed by atoms with Crippen LogP contribution in [0.5, 0.6) is 0 Å². The van der Waals surface area contributed by atoms with E-state index in [1.54, 1.807) is 15.6 Å². The van der Waals surface area contributed by atoms with Crippen molar-refractivity contribution in [3.05, 3.63) is 58.9 Å². The SMILES string of the molecule is Cc1c(-n2cncn2)sc2nc(N(C(C)C)C(C)C)n(-c3ccccc3)c(=O)c12. The number of aromatic nitrogens is 5. The molecule has 0 N–H and O–H groups in total. The summed E-state index contributed by atoms with van der Waals surface area (Å²) >= 11 is 1.46. The molecule has 29 heavy (non-hydrogen) atoms. The Kier molecular flexibility index (Phi) is 4.96. The van der Waals surface area contributed by atoms with Crippen molar-refractivity contribution in [2.75, 3.05) is 4.90 Å². The number of benzene rings is 1. The van der Waals surface area contributed by atoms with Crippen molar-refractivity contribution < 1.29 is 0 Å². The largest absolute Gasteiger partial charge is 0.337 e. The van der Waals surface area contributed by atoms with E-state index in [1.807, 2.05) is 37.3 Å². The van der Waals surface area contributed by atoms with Crippen LogP contribution in [0.4, 0.5) is 5.95 Å². The Hall–Kier alpha value is -3.00. The molecule has 4 aromatic rings. The van der Waals surface area contributed by atoms with Gasteiger partial charge in [0, 0.05) is 17.6 Å². The Balaban J connectivity index is 2.09.